The van der Waals surface area contributed by atoms with Gasteiger partial charge < -0.3 is 15.6 Å². The minimum atomic E-state index is -0.762. The van der Waals surface area contributed by atoms with Crippen LogP contribution in [0.2, 0.25) is 0 Å². The van der Waals surface area contributed by atoms with Crippen molar-refractivity contribution < 1.29 is 14.0 Å². The summed E-state index contributed by atoms with van der Waals surface area (Å²) < 4.78 is 14.3. The molecule has 0 saturated carbocycles. The molecule has 142 valence electrons. The van der Waals surface area contributed by atoms with Crippen molar-refractivity contribution in [3.8, 4) is 0 Å². The Morgan fingerprint density at radius 3 is 2.50 bits per heavy atom. The van der Waals surface area contributed by atoms with Crippen LogP contribution in [0.1, 0.15) is 50.4 Å². The number of aromatic nitrogens is 1. The van der Waals surface area contributed by atoms with Gasteiger partial charge in [0, 0.05) is 23.6 Å². The third-order valence-corrected chi connectivity index (χ3v) is 4.49. The average molecular weight is 361 g/mol. The number of para-hydroxylation sites is 1. The lowest BCUT2D eigenvalue weighted by Gasteiger charge is -2.28. The zero-order valence-corrected chi connectivity index (χ0v) is 15.7. The molecule has 0 fully saturated rings. The molecule has 2 aromatic rings. The van der Waals surface area contributed by atoms with Crippen molar-refractivity contribution in [2.24, 2.45) is 11.1 Å². The Balaban J connectivity index is 2.28. The number of unbranched alkanes of at least 4 members (excludes halogenated alkanes) is 2. The number of aryl methyl sites for hydroxylation is 1. The minimum absolute atomic E-state index is 0.304. The van der Waals surface area contributed by atoms with Gasteiger partial charge in [0.1, 0.15) is 6.04 Å². The largest absolute Gasteiger partial charge is 0.368 e. The van der Waals surface area contributed by atoms with E-state index in [1.165, 1.54) is 0 Å². The molecule has 1 aromatic carbocycles. The third-order valence-electron chi connectivity index (χ3n) is 4.49. The lowest BCUT2D eigenvalue weighted by molar-refractivity contribution is -0.122. The van der Waals surface area contributed by atoms with Crippen molar-refractivity contribution in [3.05, 3.63) is 36.0 Å². The number of nitrogens with two attached hydrogens (primary N) is 1. The molecule has 2 amide bonds. The standard InChI is InChI=1S/C20H28FN3O2/c1-20(2,3)17(18(22)25)23-19(26)15-13-24(12-8-4-7-11-21)16-10-6-5-9-14(15)16/h5-6,9-10,13,17H,4,7-8,11-12H2,1-3H3,(H2,22,25)(H,23,26). The van der Waals surface area contributed by atoms with Crippen LogP contribution in [0.15, 0.2) is 30.5 Å². The third kappa shape index (κ3) is 4.62. The van der Waals surface area contributed by atoms with Gasteiger partial charge >= 0.3 is 0 Å². The second-order valence-electron chi connectivity index (χ2n) is 7.68. The van der Waals surface area contributed by atoms with Gasteiger partial charge in [0.05, 0.1) is 12.2 Å². The average Bonchev–Trinajstić information content (AvgIpc) is 2.94. The fraction of sp³-hybridized carbons (Fsp3) is 0.500. The van der Waals surface area contributed by atoms with E-state index in [2.05, 4.69) is 5.32 Å². The molecule has 26 heavy (non-hydrogen) atoms. The molecule has 0 aliphatic rings. The van der Waals surface area contributed by atoms with Crippen LogP contribution in [0.4, 0.5) is 4.39 Å². The predicted molar refractivity (Wildman–Crippen MR) is 102 cm³/mol. The fourth-order valence-corrected chi connectivity index (χ4v) is 3.09. The first-order chi connectivity index (χ1) is 12.3. The Bertz CT molecular complexity index is 777. The summed E-state index contributed by atoms with van der Waals surface area (Å²) in [6, 6.07) is 6.88. The molecule has 0 saturated heterocycles. The van der Waals surface area contributed by atoms with Crippen molar-refractivity contribution in [3.63, 3.8) is 0 Å². The molecule has 0 spiro atoms. The van der Waals surface area contributed by atoms with Gasteiger partial charge in [0.25, 0.3) is 5.91 Å². The molecule has 1 heterocycles. The highest BCUT2D eigenvalue weighted by atomic mass is 19.1. The summed E-state index contributed by atoms with van der Waals surface area (Å²) in [6.45, 7) is 5.98. The number of halogens is 1. The van der Waals surface area contributed by atoms with Gasteiger partial charge in [-0.3, -0.25) is 14.0 Å². The summed E-state index contributed by atoms with van der Waals surface area (Å²) >= 11 is 0. The summed E-state index contributed by atoms with van der Waals surface area (Å²) in [7, 11) is 0. The van der Waals surface area contributed by atoms with E-state index in [1.807, 2.05) is 49.6 Å². The number of alkyl halides is 1. The smallest absolute Gasteiger partial charge is 0.254 e. The Hall–Kier alpha value is -2.37. The van der Waals surface area contributed by atoms with Crippen molar-refractivity contribution in [1.29, 1.82) is 0 Å². The van der Waals surface area contributed by atoms with Crippen molar-refractivity contribution >= 4 is 22.7 Å². The highest BCUT2D eigenvalue weighted by Crippen LogP contribution is 2.24. The van der Waals surface area contributed by atoms with Crippen molar-refractivity contribution in [2.75, 3.05) is 6.67 Å². The monoisotopic (exact) mass is 361 g/mol. The van der Waals surface area contributed by atoms with E-state index >= 15 is 0 Å². The number of hydrogen-bond donors (Lipinski definition) is 2. The van der Waals surface area contributed by atoms with Gasteiger partial charge in [-0.25, -0.2) is 0 Å². The van der Waals surface area contributed by atoms with Crippen LogP contribution in [0, 0.1) is 5.41 Å². The fourth-order valence-electron chi connectivity index (χ4n) is 3.09. The molecule has 0 bridgehead atoms. The van der Waals surface area contributed by atoms with Crippen LogP contribution in [0.25, 0.3) is 10.9 Å². The van der Waals surface area contributed by atoms with E-state index < -0.39 is 17.4 Å². The molecule has 1 unspecified atom stereocenters. The van der Waals surface area contributed by atoms with Crippen LogP contribution < -0.4 is 11.1 Å². The molecule has 3 N–H and O–H groups in total. The van der Waals surface area contributed by atoms with Crippen molar-refractivity contribution in [2.45, 2.75) is 52.6 Å². The van der Waals surface area contributed by atoms with Crippen LogP contribution in [0.3, 0.4) is 0 Å². The number of rotatable bonds is 8. The van der Waals surface area contributed by atoms with Crippen LogP contribution in [0.5, 0.6) is 0 Å². The van der Waals surface area contributed by atoms with E-state index in [0.29, 0.717) is 18.5 Å². The summed E-state index contributed by atoms with van der Waals surface area (Å²) in [6.07, 6.45) is 4.00. The van der Waals surface area contributed by atoms with Gasteiger partial charge in [0.15, 0.2) is 0 Å². The topological polar surface area (TPSA) is 77.1 Å². The molecular weight excluding hydrogens is 333 g/mol. The molecule has 1 atom stereocenters. The minimum Gasteiger partial charge on any atom is -0.368 e. The van der Waals surface area contributed by atoms with Crippen LogP contribution >= 0.6 is 0 Å². The lowest BCUT2D eigenvalue weighted by Crippen LogP contribution is -2.52. The first-order valence-corrected chi connectivity index (χ1v) is 8.99. The van der Waals surface area contributed by atoms with Gasteiger partial charge in [0.2, 0.25) is 5.91 Å². The Kier molecular flexibility index (Phi) is 6.40. The predicted octanol–water partition coefficient (Wildman–Crippen LogP) is 3.41. The number of primary amides is 1. The number of amides is 2. The quantitative estimate of drug-likeness (QED) is 0.707. The molecule has 1 aromatic heterocycles. The van der Waals surface area contributed by atoms with Gasteiger partial charge in [-0.15, -0.1) is 0 Å². The number of fused-ring (bicyclic) bond motifs is 1. The first-order valence-electron chi connectivity index (χ1n) is 8.99. The maximum atomic E-state index is 12.8. The van der Waals surface area contributed by atoms with E-state index in [4.69, 9.17) is 5.73 Å². The van der Waals surface area contributed by atoms with Gasteiger partial charge in [-0.1, -0.05) is 39.0 Å². The molecule has 6 heteroatoms. The molecule has 2 rings (SSSR count). The number of benzene rings is 1. The summed E-state index contributed by atoms with van der Waals surface area (Å²) in [5, 5.41) is 3.60. The van der Waals surface area contributed by atoms with Crippen LogP contribution in [-0.2, 0) is 11.3 Å². The summed E-state index contributed by atoms with van der Waals surface area (Å²) in [5.74, 6) is -0.872. The SMILES string of the molecule is CC(C)(C)C(NC(=O)c1cn(CCCCCF)c2ccccc12)C(N)=O. The van der Waals surface area contributed by atoms with Gasteiger partial charge in [-0.05, 0) is 30.7 Å². The lowest BCUT2D eigenvalue weighted by atomic mass is 9.86. The molecular formula is C20H28FN3O2. The number of carbonyl (C=O) groups excluding carboxylic acids is 2. The first kappa shape index (κ1) is 19.9. The van der Waals surface area contributed by atoms with Gasteiger partial charge in [-0.2, -0.15) is 0 Å². The highest BCUT2D eigenvalue weighted by Gasteiger charge is 2.32. The number of nitrogens with zero attached hydrogens (tertiary/aromatic N) is 1. The van der Waals surface area contributed by atoms with E-state index in [-0.39, 0.29) is 12.6 Å². The normalized spacial score (nSPS) is 12.9. The number of hydrogen-bond acceptors (Lipinski definition) is 2. The summed E-state index contributed by atoms with van der Waals surface area (Å²) in [4.78, 5) is 24.6. The zero-order chi connectivity index (χ0) is 19.3. The van der Waals surface area contributed by atoms with E-state index in [1.54, 1.807) is 6.20 Å². The second kappa shape index (κ2) is 8.34. The molecule has 0 aliphatic heterocycles. The molecule has 5 nitrogen and oxygen atoms in total. The highest BCUT2D eigenvalue weighted by molar-refractivity contribution is 6.08. The number of carbonyl (C=O) groups is 2. The Labute approximate surface area is 153 Å². The number of nitrogens with one attached hydrogen (secondary N) is 1. The maximum Gasteiger partial charge on any atom is 0.254 e. The Morgan fingerprint density at radius 2 is 1.88 bits per heavy atom. The zero-order valence-electron chi connectivity index (χ0n) is 15.7. The summed E-state index contributed by atoms with van der Waals surface area (Å²) in [5.41, 5.74) is 6.46. The molecule has 0 aliphatic carbocycles. The van der Waals surface area contributed by atoms with Crippen molar-refractivity contribution in [1.82, 2.24) is 9.88 Å². The van der Waals surface area contributed by atoms with E-state index in [9.17, 15) is 14.0 Å². The Morgan fingerprint density at radius 1 is 1.19 bits per heavy atom. The van der Waals surface area contributed by atoms with Crippen LogP contribution in [-0.4, -0.2) is 29.1 Å². The maximum absolute atomic E-state index is 12.8. The van der Waals surface area contributed by atoms with E-state index in [0.717, 1.165) is 23.7 Å². The second-order valence-corrected chi connectivity index (χ2v) is 7.68. The molecule has 0 radical (unpaired) electrons.